The zero-order chi connectivity index (χ0) is 24.3. The van der Waals surface area contributed by atoms with Crippen LogP contribution in [0, 0.1) is 29.1 Å². The number of methoxy groups -OCH3 is 1. The maximum Gasteiger partial charge on any atom is 0.320 e. The van der Waals surface area contributed by atoms with E-state index in [4.69, 9.17) is 23.7 Å². The first-order valence-corrected chi connectivity index (χ1v) is 11.5. The fourth-order valence-electron chi connectivity index (χ4n) is 4.30. The van der Waals surface area contributed by atoms with Gasteiger partial charge in [-0.15, -0.1) is 11.8 Å². The normalized spacial score (nSPS) is 26.8. The van der Waals surface area contributed by atoms with Gasteiger partial charge in [0.1, 0.15) is 11.3 Å². The molecule has 0 spiro atoms. The third-order valence-corrected chi connectivity index (χ3v) is 5.99. The number of esters is 3. The Morgan fingerprint density at radius 1 is 1.12 bits per heavy atom. The first-order chi connectivity index (χ1) is 15.9. The maximum atomic E-state index is 13.4. The van der Waals surface area contributed by atoms with Gasteiger partial charge in [-0.3, -0.25) is 19.2 Å². The van der Waals surface area contributed by atoms with Crippen molar-refractivity contribution >= 4 is 23.7 Å². The number of rotatable bonds is 10. The van der Waals surface area contributed by atoms with Crippen LogP contribution in [-0.4, -0.2) is 63.5 Å². The molecule has 2 aliphatic rings. The minimum atomic E-state index is -1.73. The van der Waals surface area contributed by atoms with E-state index in [1.807, 2.05) is 0 Å². The van der Waals surface area contributed by atoms with Crippen molar-refractivity contribution in [3.63, 3.8) is 0 Å². The average molecular weight is 467 g/mol. The zero-order valence-electron chi connectivity index (χ0n) is 19.7. The van der Waals surface area contributed by atoms with E-state index in [1.165, 1.54) is 7.11 Å². The van der Waals surface area contributed by atoms with Crippen LogP contribution in [0.25, 0.3) is 0 Å². The van der Waals surface area contributed by atoms with Gasteiger partial charge in [-0.25, -0.2) is 0 Å². The van der Waals surface area contributed by atoms with Crippen molar-refractivity contribution in [2.45, 2.75) is 65.1 Å². The summed E-state index contributed by atoms with van der Waals surface area (Å²) in [4.78, 5) is 50.9. The van der Waals surface area contributed by atoms with Crippen LogP contribution in [0.1, 0.15) is 58.8 Å². The number of Topliss-reactive ketones (excluding diaryl/α,β-unsaturated/α-hetero) is 1. The molecular weight excluding hydrogens is 432 g/mol. The van der Waals surface area contributed by atoms with Gasteiger partial charge < -0.3 is 23.7 Å². The molecule has 1 aliphatic heterocycles. The van der Waals surface area contributed by atoms with E-state index >= 15 is 0 Å². The molecule has 9 nitrogen and oxygen atoms in total. The molecule has 2 rings (SSSR count). The van der Waals surface area contributed by atoms with Gasteiger partial charge in [-0.2, -0.15) is 0 Å². The molecule has 1 saturated carbocycles. The van der Waals surface area contributed by atoms with Crippen molar-refractivity contribution in [3.05, 3.63) is 0 Å². The highest BCUT2D eigenvalue weighted by atomic mass is 16.7. The standard InChI is InChI=1S/C24H34O9/c1-4-30-22(27)18-15-17(16-19(25)29-3)24(21(18)26,23(28)31-5-2)12-8-6-9-13-32-20-11-7-10-14-33-20/h17-18,20H,4-5,7,9-16H2,1-3H3. The summed E-state index contributed by atoms with van der Waals surface area (Å²) in [6.07, 6.45) is 2.72. The minimum absolute atomic E-state index is 0.00457. The number of hydrogen-bond acceptors (Lipinski definition) is 9. The first kappa shape index (κ1) is 26.8. The van der Waals surface area contributed by atoms with Crippen molar-refractivity contribution in [1.82, 2.24) is 0 Å². The predicted molar refractivity (Wildman–Crippen MR) is 115 cm³/mol. The van der Waals surface area contributed by atoms with Gasteiger partial charge in [0.2, 0.25) is 0 Å². The minimum Gasteiger partial charge on any atom is -0.469 e. The van der Waals surface area contributed by atoms with Crippen molar-refractivity contribution in [2.24, 2.45) is 17.3 Å². The number of ether oxygens (including phenoxy) is 5. The molecule has 1 saturated heterocycles. The SMILES string of the molecule is CCOC(=O)C1CC(CC(=O)OC)C(CC#CCCOC2CCCCO2)(C(=O)OCC)C1=O. The van der Waals surface area contributed by atoms with Crippen LogP contribution >= 0.6 is 0 Å². The molecule has 4 unspecified atom stereocenters. The molecule has 33 heavy (non-hydrogen) atoms. The number of ketones is 1. The van der Waals surface area contributed by atoms with Crippen LogP contribution in [0.4, 0.5) is 0 Å². The van der Waals surface area contributed by atoms with Crippen LogP contribution in [0.15, 0.2) is 0 Å². The smallest absolute Gasteiger partial charge is 0.320 e. The van der Waals surface area contributed by atoms with Crippen molar-refractivity contribution < 1.29 is 42.9 Å². The largest absolute Gasteiger partial charge is 0.469 e. The maximum absolute atomic E-state index is 13.4. The molecule has 2 fully saturated rings. The Hall–Kier alpha value is -2.44. The summed E-state index contributed by atoms with van der Waals surface area (Å²) in [5.74, 6) is 1.19. The highest BCUT2D eigenvalue weighted by Gasteiger charge is 2.62. The molecule has 0 aromatic carbocycles. The van der Waals surface area contributed by atoms with Gasteiger partial charge in [0.25, 0.3) is 0 Å². The Morgan fingerprint density at radius 2 is 1.88 bits per heavy atom. The Balaban J connectivity index is 2.19. The summed E-state index contributed by atoms with van der Waals surface area (Å²) in [5.41, 5.74) is -1.73. The van der Waals surface area contributed by atoms with Crippen LogP contribution in [0.5, 0.6) is 0 Å². The summed E-state index contributed by atoms with van der Waals surface area (Å²) in [5, 5.41) is 0. The highest BCUT2D eigenvalue weighted by Crippen LogP contribution is 2.49. The van der Waals surface area contributed by atoms with Crippen LogP contribution in [0.3, 0.4) is 0 Å². The van der Waals surface area contributed by atoms with E-state index < -0.39 is 40.9 Å². The number of carbonyl (C=O) groups is 4. The Kier molecular flexibility index (Phi) is 10.8. The van der Waals surface area contributed by atoms with Gasteiger partial charge in [-0.05, 0) is 45.4 Å². The highest BCUT2D eigenvalue weighted by molar-refractivity contribution is 6.14. The second-order valence-corrected chi connectivity index (χ2v) is 8.02. The van der Waals surface area contributed by atoms with E-state index in [9.17, 15) is 19.2 Å². The topological polar surface area (TPSA) is 114 Å². The van der Waals surface area contributed by atoms with Crippen LogP contribution in [0.2, 0.25) is 0 Å². The lowest BCUT2D eigenvalue weighted by Crippen LogP contribution is -2.44. The molecule has 1 heterocycles. The molecule has 184 valence electrons. The van der Waals surface area contributed by atoms with E-state index in [1.54, 1.807) is 13.8 Å². The molecule has 0 N–H and O–H groups in total. The van der Waals surface area contributed by atoms with Crippen LogP contribution < -0.4 is 0 Å². The molecular formula is C24H34O9. The number of hydrogen-bond donors (Lipinski definition) is 0. The van der Waals surface area contributed by atoms with E-state index in [0.29, 0.717) is 19.6 Å². The van der Waals surface area contributed by atoms with E-state index in [2.05, 4.69) is 11.8 Å². The molecule has 0 aromatic rings. The lowest BCUT2D eigenvalue weighted by Gasteiger charge is -2.29. The fraction of sp³-hybridized carbons (Fsp3) is 0.750. The van der Waals surface area contributed by atoms with Gasteiger partial charge in [-0.1, -0.05) is 0 Å². The van der Waals surface area contributed by atoms with E-state index in [0.717, 1.165) is 19.3 Å². The summed E-state index contributed by atoms with van der Waals surface area (Å²) in [7, 11) is 1.23. The molecule has 0 aromatic heterocycles. The third kappa shape index (κ3) is 6.78. The van der Waals surface area contributed by atoms with Gasteiger partial charge in [0.15, 0.2) is 12.1 Å². The Labute approximate surface area is 194 Å². The lowest BCUT2D eigenvalue weighted by molar-refractivity contribution is -0.163. The molecule has 4 atom stereocenters. The van der Waals surface area contributed by atoms with E-state index in [-0.39, 0.29) is 38.8 Å². The summed E-state index contributed by atoms with van der Waals surface area (Å²) >= 11 is 0. The molecule has 0 bridgehead atoms. The van der Waals surface area contributed by atoms with Gasteiger partial charge in [0, 0.05) is 25.9 Å². The molecule has 0 radical (unpaired) electrons. The first-order valence-electron chi connectivity index (χ1n) is 11.5. The second-order valence-electron chi connectivity index (χ2n) is 8.02. The summed E-state index contributed by atoms with van der Waals surface area (Å²) in [6, 6.07) is 0. The number of carbonyl (C=O) groups excluding carboxylic acids is 4. The van der Waals surface area contributed by atoms with Crippen molar-refractivity contribution in [3.8, 4) is 11.8 Å². The van der Waals surface area contributed by atoms with Crippen LogP contribution in [-0.2, 0) is 42.9 Å². The van der Waals surface area contributed by atoms with Crippen molar-refractivity contribution in [1.29, 1.82) is 0 Å². The Morgan fingerprint density at radius 3 is 2.52 bits per heavy atom. The zero-order valence-corrected chi connectivity index (χ0v) is 19.7. The predicted octanol–water partition coefficient (Wildman–Crippen LogP) is 2.19. The monoisotopic (exact) mass is 466 g/mol. The molecule has 1 aliphatic carbocycles. The Bertz CT molecular complexity index is 760. The molecule has 9 heteroatoms. The van der Waals surface area contributed by atoms with Crippen molar-refractivity contribution in [2.75, 3.05) is 33.5 Å². The quantitative estimate of drug-likeness (QED) is 0.157. The third-order valence-electron chi connectivity index (χ3n) is 5.99. The average Bonchev–Trinajstić information content (AvgIpc) is 3.09. The fourth-order valence-corrected chi connectivity index (χ4v) is 4.30. The molecule has 0 amide bonds. The van der Waals surface area contributed by atoms with Gasteiger partial charge >= 0.3 is 17.9 Å². The second kappa shape index (κ2) is 13.3. The van der Waals surface area contributed by atoms with Gasteiger partial charge in [0.05, 0.1) is 26.9 Å². The summed E-state index contributed by atoms with van der Waals surface area (Å²) in [6.45, 7) is 4.44. The summed E-state index contributed by atoms with van der Waals surface area (Å²) < 4.78 is 26.2. The lowest BCUT2D eigenvalue weighted by atomic mass is 9.72.